The zero-order valence-corrected chi connectivity index (χ0v) is 14.0. The van der Waals surface area contributed by atoms with E-state index in [1.165, 1.54) is 0 Å². The molecular formula is C14H20BrClN2O2. The Kier molecular flexibility index (Phi) is 6.30. The van der Waals surface area contributed by atoms with Crippen molar-refractivity contribution in [2.24, 2.45) is 5.73 Å². The van der Waals surface area contributed by atoms with E-state index in [0.717, 1.165) is 17.4 Å². The Labute approximate surface area is 134 Å². The normalized spacial score (nSPS) is 18.1. The highest BCUT2D eigenvalue weighted by atomic mass is 79.9. The van der Waals surface area contributed by atoms with Crippen LogP contribution in [0.3, 0.4) is 0 Å². The second kappa shape index (κ2) is 7.29. The van der Waals surface area contributed by atoms with Crippen molar-refractivity contribution < 1.29 is 9.53 Å². The number of rotatable bonds is 3. The standard InChI is InChI=1S/C14H19BrN2O2.ClH/c1-9(2)19-13-7-10(15)3-4-12(13)14(18)17-6-5-11(16)8-17;/h3-4,7,9,11H,5-6,8,16H2,1-2H3;1H. The molecule has 1 amide bonds. The lowest BCUT2D eigenvalue weighted by Gasteiger charge is -2.19. The Hall–Kier alpha value is -0.780. The molecule has 1 heterocycles. The Morgan fingerprint density at radius 2 is 2.20 bits per heavy atom. The molecular weight excluding hydrogens is 344 g/mol. The van der Waals surface area contributed by atoms with Crippen LogP contribution in [0.4, 0.5) is 0 Å². The molecule has 1 aromatic rings. The molecule has 1 aromatic carbocycles. The predicted octanol–water partition coefficient (Wildman–Crippen LogP) is 2.83. The van der Waals surface area contributed by atoms with Crippen molar-refractivity contribution in [2.45, 2.75) is 32.4 Å². The maximum atomic E-state index is 12.5. The average molecular weight is 364 g/mol. The van der Waals surface area contributed by atoms with Crippen LogP contribution in [0.15, 0.2) is 22.7 Å². The van der Waals surface area contributed by atoms with Crippen LogP contribution in [0.2, 0.25) is 0 Å². The van der Waals surface area contributed by atoms with Crippen LogP contribution in [0.25, 0.3) is 0 Å². The smallest absolute Gasteiger partial charge is 0.257 e. The molecule has 1 atom stereocenters. The highest BCUT2D eigenvalue weighted by Gasteiger charge is 2.26. The van der Waals surface area contributed by atoms with Gasteiger partial charge in [-0.2, -0.15) is 0 Å². The van der Waals surface area contributed by atoms with Gasteiger partial charge in [-0.3, -0.25) is 4.79 Å². The van der Waals surface area contributed by atoms with Crippen molar-refractivity contribution in [3.63, 3.8) is 0 Å². The summed E-state index contributed by atoms with van der Waals surface area (Å²) in [6.45, 7) is 5.23. The molecule has 4 nitrogen and oxygen atoms in total. The number of carbonyl (C=O) groups is 1. The predicted molar refractivity (Wildman–Crippen MR) is 85.6 cm³/mol. The third kappa shape index (κ3) is 4.11. The molecule has 0 bridgehead atoms. The number of benzene rings is 1. The summed E-state index contributed by atoms with van der Waals surface area (Å²) in [4.78, 5) is 14.3. The van der Waals surface area contributed by atoms with Crippen molar-refractivity contribution in [1.82, 2.24) is 4.90 Å². The van der Waals surface area contributed by atoms with E-state index in [9.17, 15) is 4.79 Å². The molecule has 1 unspecified atom stereocenters. The van der Waals surface area contributed by atoms with Gasteiger partial charge < -0.3 is 15.4 Å². The van der Waals surface area contributed by atoms with E-state index in [1.54, 1.807) is 11.0 Å². The minimum absolute atomic E-state index is 0. The van der Waals surface area contributed by atoms with E-state index in [2.05, 4.69) is 15.9 Å². The molecule has 0 aromatic heterocycles. The number of ether oxygens (including phenoxy) is 1. The zero-order valence-electron chi connectivity index (χ0n) is 11.6. The third-order valence-electron chi connectivity index (χ3n) is 3.05. The summed E-state index contributed by atoms with van der Waals surface area (Å²) < 4.78 is 6.63. The Balaban J connectivity index is 0.00000200. The summed E-state index contributed by atoms with van der Waals surface area (Å²) in [5, 5.41) is 0. The van der Waals surface area contributed by atoms with Crippen LogP contribution in [0, 0.1) is 0 Å². The molecule has 6 heteroatoms. The molecule has 1 aliphatic heterocycles. The first-order valence-electron chi connectivity index (χ1n) is 6.48. The summed E-state index contributed by atoms with van der Waals surface area (Å²) in [5.74, 6) is 0.617. The summed E-state index contributed by atoms with van der Waals surface area (Å²) in [6, 6.07) is 5.59. The largest absolute Gasteiger partial charge is 0.490 e. The van der Waals surface area contributed by atoms with Crippen LogP contribution >= 0.6 is 28.3 Å². The number of hydrogen-bond acceptors (Lipinski definition) is 3. The van der Waals surface area contributed by atoms with Gasteiger partial charge in [0.15, 0.2) is 0 Å². The van der Waals surface area contributed by atoms with Gasteiger partial charge in [0.1, 0.15) is 5.75 Å². The van der Waals surface area contributed by atoms with Gasteiger partial charge >= 0.3 is 0 Å². The fraction of sp³-hybridized carbons (Fsp3) is 0.500. The zero-order chi connectivity index (χ0) is 14.0. The summed E-state index contributed by atoms with van der Waals surface area (Å²) in [7, 11) is 0. The number of halogens is 2. The summed E-state index contributed by atoms with van der Waals surface area (Å²) >= 11 is 3.40. The summed E-state index contributed by atoms with van der Waals surface area (Å²) in [6.07, 6.45) is 0.893. The first-order chi connectivity index (χ1) is 8.97. The van der Waals surface area contributed by atoms with E-state index in [0.29, 0.717) is 17.9 Å². The highest BCUT2D eigenvalue weighted by molar-refractivity contribution is 9.10. The highest BCUT2D eigenvalue weighted by Crippen LogP contribution is 2.27. The lowest BCUT2D eigenvalue weighted by Crippen LogP contribution is -2.32. The van der Waals surface area contributed by atoms with Crippen molar-refractivity contribution in [3.8, 4) is 5.75 Å². The van der Waals surface area contributed by atoms with E-state index in [4.69, 9.17) is 10.5 Å². The molecule has 0 aliphatic carbocycles. The topological polar surface area (TPSA) is 55.6 Å². The van der Waals surface area contributed by atoms with Crippen LogP contribution < -0.4 is 10.5 Å². The summed E-state index contributed by atoms with van der Waals surface area (Å²) in [5.41, 5.74) is 6.45. The van der Waals surface area contributed by atoms with Gasteiger partial charge in [0, 0.05) is 23.6 Å². The van der Waals surface area contributed by atoms with Gasteiger partial charge in [-0.05, 0) is 38.5 Å². The molecule has 20 heavy (non-hydrogen) atoms. The van der Waals surface area contributed by atoms with Crippen LogP contribution in [-0.4, -0.2) is 36.0 Å². The SMILES string of the molecule is CC(C)Oc1cc(Br)ccc1C(=O)N1CCC(N)C1.Cl. The minimum Gasteiger partial charge on any atom is -0.490 e. The van der Waals surface area contributed by atoms with E-state index in [1.807, 2.05) is 26.0 Å². The fourth-order valence-corrected chi connectivity index (χ4v) is 2.51. The lowest BCUT2D eigenvalue weighted by atomic mass is 10.1. The Bertz CT molecular complexity index is 482. The maximum Gasteiger partial charge on any atom is 0.257 e. The number of likely N-dealkylation sites (tertiary alicyclic amines) is 1. The fourth-order valence-electron chi connectivity index (χ4n) is 2.17. The van der Waals surface area contributed by atoms with Crippen LogP contribution in [-0.2, 0) is 0 Å². The Morgan fingerprint density at radius 3 is 2.75 bits per heavy atom. The number of carbonyl (C=O) groups excluding carboxylic acids is 1. The molecule has 2 N–H and O–H groups in total. The Morgan fingerprint density at radius 1 is 1.50 bits per heavy atom. The molecule has 0 spiro atoms. The minimum atomic E-state index is -0.00361. The first-order valence-corrected chi connectivity index (χ1v) is 7.27. The van der Waals surface area contributed by atoms with Gasteiger partial charge in [0.05, 0.1) is 11.7 Å². The lowest BCUT2D eigenvalue weighted by molar-refractivity contribution is 0.0784. The van der Waals surface area contributed by atoms with Crippen LogP contribution in [0.1, 0.15) is 30.6 Å². The molecule has 0 saturated carbocycles. The molecule has 1 saturated heterocycles. The number of amides is 1. The van der Waals surface area contributed by atoms with Gasteiger partial charge in [0.2, 0.25) is 0 Å². The van der Waals surface area contributed by atoms with E-state index in [-0.39, 0.29) is 30.5 Å². The number of nitrogens with two attached hydrogens (primary N) is 1. The van der Waals surface area contributed by atoms with Crippen LogP contribution in [0.5, 0.6) is 5.75 Å². The maximum absolute atomic E-state index is 12.5. The van der Waals surface area contributed by atoms with Crippen molar-refractivity contribution >= 4 is 34.2 Å². The van der Waals surface area contributed by atoms with Gasteiger partial charge in [-0.25, -0.2) is 0 Å². The quantitative estimate of drug-likeness (QED) is 0.898. The molecule has 2 rings (SSSR count). The van der Waals surface area contributed by atoms with Gasteiger partial charge in [-0.15, -0.1) is 12.4 Å². The number of hydrogen-bond donors (Lipinski definition) is 1. The van der Waals surface area contributed by atoms with Gasteiger partial charge in [-0.1, -0.05) is 15.9 Å². The van der Waals surface area contributed by atoms with Crippen molar-refractivity contribution in [2.75, 3.05) is 13.1 Å². The molecule has 1 aliphatic rings. The molecule has 1 fully saturated rings. The van der Waals surface area contributed by atoms with Gasteiger partial charge in [0.25, 0.3) is 5.91 Å². The van der Waals surface area contributed by atoms with Crippen molar-refractivity contribution in [3.05, 3.63) is 28.2 Å². The van der Waals surface area contributed by atoms with E-state index >= 15 is 0 Å². The molecule has 112 valence electrons. The first kappa shape index (κ1) is 17.3. The monoisotopic (exact) mass is 362 g/mol. The average Bonchev–Trinajstić information content (AvgIpc) is 2.74. The molecule has 0 radical (unpaired) electrons. The van der Waals surface area contributed by atoms with Crippen molar-refractivity contribution in [1.29, 1.82) is 0 Å². The third-order valence-corrected chi connectivity index (χ3v) is 3.54. The second-order valence-corrected chi connectivity index (χ2v) is 6.02. The second-order valence-electron chi connectivity index (χ2n) is 5.11. The van der Waals surface area contributed by atoms with E-state index < -0.39 is 0 Å². The number of nitrogens with zero attached hydrogens (tertiary/aromatic N) is 1.